The van der Waals surface area contributed by atoms with Crippen LogP contribution in [0.5, 0.6) is 0 Å². The molecule has 1 aliphatic rings. The summed E-state index contributed by atoms with van der Waals surface area (Å²) in [5, 5.41) is 9.01. The molecule has 1 atom stereocenters. The lowest BCUT2D eigenvalue weighted by Crippen LogP contribution is -2.05. The van der Waals surface area contributed by atoms with Gasteiger partial charge in [-0.1, -0.05) is 19.8 Å². The quantitative estimate of drug-likeness (QED) is 0.778. The van der Waals surface area contributed by atoms with Crippen molar-refractivity contribution < 1.29 is 0 Å². The topological polar surface area (TPSA) is 49.6 Å². The third kappa shape index (κ3) is 2.21. The fourth-order valence-electron chi connectivity index (χ4n) is 2.34. The van der Waals surface area contributed by atoms with Crippen molar-refractivity contribution in [2.75, 3.05) is 0 Å². The highest BCUT2D eigenvalue weighted by Gasteiger charge is 2.20. The molecule has 16 heavy (non-hydrogen) atoms. The van der Waals surface area contributed by atoms with Gasteiger partial charge in [-0.3, -0.25) is 0 Å². The Kier molecular flexibility index (Phi) is 3.51. The number of nitriles is 1. The molecule has 1 fully saturated rings. The monoisotopic (exact) mass is 215 g/mol. The third-order valence-electron chi connectivity index (χ3n) is 3.34. The number of rotatable bonds is 3. The number of aromatic nitrogens is 2. The van der Waals surface area contributed by atoms with E-state index in [2.05, 4.69) is 16.0 Å². The molecule has 1 saturated carbocycles. The van der Waals surface area contributed by atoms with E-state index in [-0.39, 0.29) is 5.92 Å². The van der Waals surface area contributed by atoms with Crippen LogP contribution in [0.3, 0.4) is 0 Å². The standard InChI is InChI=1S/C13H17N3/c1-2-10(9-14)13-15-8-7-12(16-13)11-5-3-4-6-11/h7-8,10-11H,2-6H2,1H3. The summed E-state index contributed by atoms with van der Waals surface area (Å²) < 4.78 is 0. The fourth-order valence-corrected chi connectivity index (χ4v) is 2.34. The zero-order valence-electron chi connectivity index (χ0n) is 9.69. The minimum absolute atomic E-state index is 0.152. The number of hydrogen-bond donors (Lipinski definition) is 0. The van der Waals surface area contributed by atoms with E-state index >= 15 is 0 Å². The van der Waals surface area contributed by atoms with Crippen LogP contribution in [0.2, 0.25) is 0 Å². The number of nitrogens with zero attached hydrogens (tertiary/aromatic N) is 3. The zero-order valence-corrected chi connectivity index (χ0v) is 9.69. The first kappa shape index (κ1) is 11.1. The first-order valence-electron chi connectivity index (χ1n) is 6.07. The summed E-state index contributed by atoms with van der Waals surface area (Å²) in [5.74, 6) is 1.15. The summed E-state index contributed by atoms with van der Waals surface area (Å²) in [5.41, 5.74) is 1.14. The SMILES string of the molecule is CCC(C#N)c1nccc(C2CCCC2)n1. The van der Waals surface area contributed by atoms with E-state index in [1.807, 2.05) is 13.0 Å². The summed E-state index contributed by atoms with van der Waals surface area (Å²) in [6.45, 7) is 2.00. The normalized spacial score (nSPS) is 18.2. The first-order chi connectivity index (χ1) is 7.85. The van der Waals surface area contributed by atoms with Gasteiger partial charge in [0.15, 0.2) is 0 Å². The van der Waals surface area contributed by atoms with Crippen molar-refractivity contribution >= 4 is 0 Å². The van der Waals surface area contributed by atoms with Gasteiger partial charge in [-0.15, -0.1) is 0 Å². The van der Waals surface area contributed by atoms with Crippen molar-refractivity contribution in [3.63, 3.8) is 0 Å². The van der Waals surface area contributed by atoms with Gasteiger partial charge in [-0.05, 0) is 25.3 Å². The lowest BCUT2D eigenvalue weighted by molar-refractivity contribution is 0.666. The van der Waals surface area contributed by atoms with Crippen molar-refractivity contribution in [1.82, 2.24) is 9.97 Å². The molecule has 3 heteroatoms. The minimum atomic E-state index is -0.152. The molecule has 0 aromatic carbocycles. The smallest absolute Gasteiger partial charge is 0.145 e. The lowest BCUT2D eigenvalue weighted by atomic mass is 10.0. The molecule has 3 nitrogen and oxygen atoms in total. The molecule has 0 radical (unpaired) electrons. The van der Waals surface area contributed by atoms with Gasteiger partial charge in [-0.25, -0.2) is 9.97 Å². The summed E-state index contributed by atoms with van der Waals surface area (Å²) in [6, 6.07) is 4.26. The highest BCUT2D eigenvalue weighted by Crippen LogP contribution is 2.33. The predicted octanol–water partition coefficient (Wildman–Crippen LogP) is 3.15. The van der Waals surface area contributed by atoms with Gasteiger partial charge in [0.25, 0.3) is 0 Å². The zero-order chi connectivity index (χ0) is 11.4. The second-order valence-corrected chi connectivity index (χ2v) is 4.41. The molecule has 1 heterocycles. The van der Waals surface area contributed by atoms with Crippen LogP contribution in [-0.2, 0) is 0 Å². The second-order valence-electron chi connectivity index (χ2n) is 4.41. The van der Waals surface area contributed by atoms with E-state index in [4.69, 9.17) is 5.26 Å². The van der Waals surface area contributed by atoms with Crippen LogP contribution in [0.25, 0.3) is 0 Å². The lowest BCUT2D eigenvalue weighted by Gasteiger charge is -2.11. The first-order valence-corrected chi connectivity index (χ1v) is 6.07. The van der Waals surface area contributed by atoms with Crippen LogP contribution in [0.4, 0.5) is 0 Å². The van der Waals surface area contributed by atoms with Gasteiger partial charge in [0.2, 0.25) is 0 Å². The average Bonchev–Trinajstić information content (AvgIpc) is 2.85. The molecule has 0 saturated heterocycles. The van der Waals surface area contributed by atoms with Gasteiger partial charge >= 0.3 is 0 Å². The van der Waals surface area contributed by atoms with Gasteiger partial charge in [-0.2, -0.15) is 5.26 Å². The maximum Gasteiger partial charge on any atom is 0.145 e. The van der Waals surface area contributed by atoms with Gasteiger partial charge in [0.1, 0.15) is 11.7 Å². The van der Waals surface area contributed by atoms with Crippen LogP contribution >= 0.6 is 0 Å². The van der Waals surface area contributed by atoms with Crippen LogP contribution < -0.4 is 0 Å². The molecule has 2 rings (SSSR count). The Morgan fingerprint density at radius 1 is 1.50 bits per heavy atom. The Hall–Kier alpha value is -1.43. The molecular formula is C13H17N3. The Morgan fingerprint density at radius 3 is 2.88 bits per heavy atom. The fraction of sp³-hybridized carbons (Fsp3) is 0.615. The van der Waals surface area contributed by atoms with Crippen LogP contribution in [0, 0.1) is 11.3 Å². The Bertz CT molecular complexity index is 388. The Morgan fingerprint density at radius 2 is 2.25 bits per heavy atom. The predicted molar refractivity (Wildman–Crippen MR) is 61.9 cm³/mol. The largest absolute Gasteiger partial charge is 0.240 e. The highest BCUT2D eigenvalue weighted by atomic mass is 14.9. The molecule has 0 N–H and O–H groups in total. The van der Waals surface area contributed by atoms with Crippen molar-refractivity contribution in [2.24, 2.45) is 0 Å². The van der Waals surface area contributed by atoms with Crippen molar-refractivity contribution in [3.05, 3.63) is 23.8 Å². The molecule has 0 spiro atoms. The Balaban J connectivity index is 2.22. The van der Waals surface area contributed by atoms with Crippen LogP contribution in [0.15, 0.2) is 12.3 Å². The minimum Gasteiger partial charge on any atom is -0.240 e. The second kappa shape index (κ2) is 5.07. The van der Waals surface area contributed by atoms with E-state index in [1.54, 1.807) is 6.20 Å². The average molecular weight is 215 g/mol. The molecule has 0 bridgehead atoms. The molecule has 1 aliphatic carbocycles. The molecular weight excluding hydrogens is 198 g/mol. The van der Waals surface area contributed by atoms with Gasteiger partial charge in [0.05, 0.1) is 6.07 Å². The maximum absolute atomic E-state index is 9.01. The summed E-state index contributed by atoms with van der Waals surface area (Å²) in [7, 11) is 0. The van der Waals surface area contributed by atoms with Crippen molar-refractivity contribution in [2.45, 2.75) is 50.9 Å². The van der Waals surface area contributed by atoms with E-state index in [1.165, 1.54) is 25.7 Å². The summed E-state index contributed by atoms with van der Waals surface area (Å²) >= 11 is 0. The van der Waals surface area contributed by atoms with E-state index in [9.17, 15) is 0 Å². The van der Waals surface area contributed by atoms with Crippen molar-refractivity contribution in [3.8, 4) is 6.07 Å². The molecule has 1 unspecified atom stereocenters. The third-order valence-corrected chi connectivity index (χ3v) is 3.34. The molecule has 84 valence electrons. The van der Waals surface area contributed by atoms with Crippen molar-refractivity contribution in [1.29, 1.82) is 5.26 Å². The van der Waals surface area contributed by atoms with Gasteiger partial charge < -0.3 is 0 Å². The van der Waals surface area contributed by atoms with E-state index in [0.717, 1.165) is 12.1 Å². The molecule has 1 aromatic heterocycles. The highest BCUT2D eigenvalue weighted by molar-refractivity contribution is 5.15. The molecule has 1 aromatic rings. The van der Waals surface area contributed by atoms with E-state index in [0.29, 0.717) is 11.7 Å². The number of hydrogen-bond acceptors (Lipinski definition) is 3. The summed E-state index contributed by atoms with van der Waals surface area (Å²) in [6.07, 6.45) is 7.67. The van der Waals surface area contributed by atoms with Gasteiger partial charge in [0, 0.05) is 17.8 Å². The molecule has 0 aliphatic heterocycles. The van der Waals surface area contributed by atoms with E-state index < -0.39 is 0 Å². The summed E-state index contributed by atoms with van der Waals surface area (Å²) in [4.78, 5) is 8.78. The maximum atomic E-state index is 9.01. The Labute approximate surface area is 96.5 Å². The van der Waals surface area contributed by atoms with Crippen LogP contribution in [-0.4, -0.2) is 9.97 Å². The molecule has 0 amide bonds. The van der Waals surface area contributed by atoms with Crippen LogP contribution in [0.1, 0.15) is 62.4 Å².